The van der Waals surface area contributed by atoms with Crippen molar-refractivity contribution in [1.82, 2.24) is 19.4 Å². The highest BCUT2D eigenvalue weighted by Crippen LogP contribution is 2.29. The van der Waals surface area contributed by atoms with Crippen molar-refractivity contribution >= 4 is 17.3 Å². The number of aromatic nitrogens is 2. The minimum atomic E-state index is -0.490. The van der Waals surface area contributed by atoms with Crippen LogP contribution in [0.4, 0.5) is 10.5 Å². The zero-order valence-corrected chi connectivity index (χ0v) is 17.5. The van der Waals surface area contributed by atoms with Gasteiger partial charge in [-0.1, -0.05) is 0 Å². The topological polar surface area (TPSA) is 77.1 Å². The van der Waals surface area contributed by atoms with E-state index < -0.39 is 5.60 Å². The van der Waals surface area contributed by atoms with Crippen LogP contribution in [0, 0.1) is 11.3 Å². The third kappa shape index (κ3) is 3.75. The molecule has 2 fully saturated rings. The van der Waals surface area contributed by atoms with Gasteiger partial charge in [0.15, 0.2) is 0 Å². The minimum Gasteiger partial charge on any atom is -0.444 e. The Balaban J connectivity index is 1.55. The van der Waals surface area contributed by atoms with Gasteiger partial charge in [-0.2, -0.15) is 10.4 Å². The molecule has 2 unspecified atom stereocenters. The summed E-state index contributed by atoms with van der Waals surface area (Å²) < 4.78 is 7.28. The maximum absolute atomic E-state index is 12.6. The predicted molar refractivity (Wildman–Crippen MR) is 110 cm³/mol. The average molecular weight is 396 g/mol. The monoisotopic (exact) mass is 396 g/mol. The lowest BCUT2D eigenvalue weighted by molar-refractivity contribution is -0.00655. The SMILES string of the molecule is CC1CN(c2ccc(C#N)n3nccc23)CC2CN(C(=O)OC(C)(C)C)CCN12. The van der Waals surface area contributed by atoms with Gasteiger partial charge in [0.1, 0.15) is 17.4 Å². The number of anilines is 1. The molecule has 0 bridgehead atoms. The third-order valence-corrected chi connectivity index (χ3v) is 5.65. The minimum absolute atomic E-state index is 0.235. The smallest absolute Gasteiger partial charge is 0.410 e. The summed E-state index contributed by atoms with van der Waals surface area (Å²) in [5.74, 6) is 0. The van der Waals surface area contributed by atoms with Crippen molar-refractivity contribution in [3.05, 3.63) is 30.1 Å². The Kier molecular flexibility index (Phi) is 4.87. The van der Waals surface area contributed by atoms with E-state index in [0.29, 0.717) is 24.8 Å². The number of amides is 1. The zero-order valence-electron chi connectivity index (χ0n) is 17.5. The van der Waals surface area contributed by atoms with E-state index in [1.807, 2.05) is 43.9 Å². The molecule has 2 aliphatic heterocycles. The second kappa shape index (κ2) is 7.23. The van der Waals surface area contributed by atoms with Crippen molar-refractivity contribution in [3.8, 4) is 6.07 Å². The van der Waals surface area contributed by atoms with Crippen LogP contribution in [0.3, 0.4) is 0 Å². The predicted octanol–water partition coefficient (Wildman–Crippen LogP) is 2.34. The first kappa shape index (κ1) is 19.5. The lowest BCUT2D eigenvalue weighted by Crippen LogP contribution is -2.66. The van der Waals surface area contributed by atoms with E-state index in [2.05, 4.69) is 27.9 Å². The molecule has 0 spiro atoms. The summed E-state index contributed by atoms with van der Waals surface area (Å²) >= 11 is 0. The van der Waals surface area contributed by atoms with Crippen LogP contribution in [0.1, 0.15) is 33.4 Å². The first-order valence-corrected chi connectivity index (χ1v) is 10.1. The Labute approximate surface area is 171 Å². The quantitative estimate of drug-likeness (QED) is 0.736. The number of carbonyl (C=O) groups is 1. The Hall–Kier alpha value is -2.79. The average Bonchev–Trinajstić information content (AvgIpc) is 3.15. The third-order valence-electron chi connectivity index (χ3n) is 5.65. The van der Waals surface area contributed by atoms with Crippen LogP contribution >= 0.6 is 0 Å². The van der Waals surface area contributed by atoms with Crippen LogP contribution in [0.2, 0.25) is 0 Å². The van der Waals surface area contributed by atoms with Gasteiger partial charge in [0.2, 0.25) is 0 Å². The molecule has 2 aromatic heterocycles. The van der Waals surface area contributed by atoms with Crippen LogP contribution in [0.5, 0.6) is 0 Å². The molecule has 2 aromatic rings. The molecule has 2 aliphatic rings. The lowest BCUT2D eigenvalue weighted by atomic mass is 10.0. The molecule has 0 saturated carbocycles. The number of nitrogens with zero attached hydrogens (tertiary/aromatic N) is 6. The Morgan fingerprint density at radius 3 is 2.72 bits per heavy atom. The highest BCUT2D eigenvalue weighted by Gasteiger charge is 2.39. The van der Waals surface area contributed by atoms with Gasteiger partial charge in [0.05, 0.1) is 17.4 Å². The second-order valence-corrected chi connectivity index (χ2v) is 8.92. The van der Waals surface area contributed by atoms with E-state index in [9.17, 15) is 10.1 Å². The molecule has 0 radical (unpaired) electrons. The van der Waals surface area contributed by atoms with Gasteiger partial charge in [-0.15, -0.1) is 0 Å². The fraction of sp³-hybridized carbons (Fsp3) is 0.571. The van der Waals surface area contributed by atoms with Crippen molar-refractivity contribution in [2.75, 3.05) is 37.6 Å². The molecule has 4 rings (SSSR count). The summed E-state index contributed by atoms with van der Waals surface area (Å²) in [4.78, 5) is 19.2. The normalized spacial score (nSPS) is 23.0. The van der Waals surface area contributed by atoms with E-state index >= 15 is 0 Å². The second-order valence-electron chi connectivity index (χ2n) is 8.92. The fourth-order valence-corrected chi connectivity index (χ4v) is 4.41. The molecule has 1 amide bonds. The van der Waals surface area contributed by atoms with Crippen LogP contribution < -0.4 is 4.90 Å². The number of rotatable bonds is 1. The van der Waals surface area contributed by atoms with Crippen molar-refractivity contribution in [1.29, 1.82) is 5.26 Å². The van der Waals surface area contributed by atoms with Crippen LogP contribution in [0.15, 0.2) is 24.4 Å². The Morgan fingerprint density at radius 1 is 1.21 bits per heavy atom. The molecule has 29 heavy (non-hydrogen) atoms. The van der Waals surface area contributed by atoms with Crippen molar-refractivity contribution in [2.24, 2.45) is 0 Å². The molecule has 0 aromatic carbocycles. The summed E-state index contributed by atoms with van der Waals surface area (Å²) in [7, 11) is 0. The number of piperazine rings is 2. The number of pyridine rings is 1. The van der Waals surface area contributed by atoms with Crippen LogP contribution in [0.25, 0.3) is 5.52 Å². The van der Waals surface area contributed by atoms with E-state index in [1.165, 1.54) is 0 Å². The highest BCUT2D eigenvalue weighted by molar-refractivity contribution is 5.74. The summed E-state index contributed by atoms with van der Waals surface area (Å²) in [5.41, 5.74) is 2.04. The largest absolute Gasteiger partial charge is 0.444 e. The van der Waals surface area contributed by atoms with Gasteiger partial charge in [-0.25, -0.2) is 9.31 Å². The lowest BCUT2D eigenvalue weighted by Gasteiger charge is -2.51. The summed E-state index contributed by atoms with van der Waals surface area (Å²) in [5, 5.41) is 13.6. The van der Waals surface area contributed by atoms with Crippen molar-refractivity contribution in [3.63, 3.8) is 0 Å². The van der Waals surface area contributed by atoms with E-state index in [0.717, 1.165) is 30.8 Å². The van der Waals surface area contributed by atoms with Gasteiger partial charge >= 0.3 is 6.09 Å². The van der Waals surface area contributed by atoms with Gasteiger partial charge in [0.25, 0.3) is 0 Å². The number of nitriles is 1. The highest BCUT2D eigenvalue weighted by atomic mass is 16.6. The van der Waals surface area contributed by atoms with Crippen molar-refractivity contribution < 1.29 is 9.53 Å². The van der Waals surface area contributed by atoms with E-state index in [-0.39, 0.29) is 12.1 Å². The Bertz CT molecular complexity index is 956. The number of hydrogen-bond donors (Lipinski definition) is 0. The summed E-state index contributed by atoms with van der Waals surface area (Å²) in [6.07, 6.45) is 1.49. The maximum Gasteiger partial charge on any atom is 0.410 e. The molecule has 0 N–H and O–H groups in total. The number of fused-ring (bicyclic) bond motifs is 2. The van der Waals surface area contributed by atoms with Gasteiger partial charge in [-0.3, -0.25) is 4.90 Å². The van der Waals surface area contributed by atoms with Crippen LogP contribution in [-0.4, -0.2) is 75.9 Å². The molecule has 4 heterocycles. The molecule has 154 valence electrons. The van der Waals surface area contributed by atoms with Crippen molar-refractivity contribution in [2.45, 2.75) is 45.4 Å². The van der Waals surface area contributed by atoms with Gasteiger partial charge < -0.3 is 14.5 Å². The molecule has 0 aliphatic carbocycles. The standard InChI is InChI=1S/C21H28N6O2/c1-15-12-25(18-6-5-16(11-22)27-19(18)7-8-23-27)14-17-13-24(9-10-26(15)17)20(28)29-21(2,3)4/h5-8,15,17H,9-10,12-14H2,1-4H3. The fourth-order valence-electron chi connectivity index (χ4n) is 4.41. The molecular formula is C21H28N6O2. The molecule has 8 nitrogen and oxygen atoms in total. The number of carbonyl (C=O) groups excluding carboxylic acids is 1. The molecule has 2 saturated heterocycles. The zero-order chi connectivity index (χ0) is 20.8. The Morgan fingerprint density at radius 2 is 2.00 bits per heavy atom. The number of ether oxygens (including phenoxy) is 1. The van der Waals surface area contributed by atoms with Crippen LogP contribution in [-0.2, 0) is 4.74 Å². The van der Waals surface area contributed by atoms with Gasteiger partial charge in [-0.05, 0) is 45.9 Å². The molecule has 2 atom stereocenters. The van der Waals surface area contributed by atoms with E-state index in [4.69, 9.17) is 4.74 Å². The summed E-state index contributed by atoms with van der Waals surface area (Å²) in [6, 6.07) is 8.57. The first-order valence-electron chi connectivity index (χ1n) is 10.1. The molecular weight excluding hydrogens is 368 g/mol. The maximum atomic E-state index is 12.6. The first-order chi connectivity index (χ1) is 13.8. The van der Waals surface area contributed by atoms with Gasteiger partial charge in [0, 0.05) is 44.8 Å². The number of hydrogen-bond acceptors (Lipinski definition) is 6. The summed E-state index contributed by atoms with van der Waals surface area (Å²) in [6.45, 7) is 11.8. The molecule has 8 heteroatoms. The van der Waals surface area contributed by atoms with E-state index in [1.54, 1.807) is 10.7 Å².